The third kappa shape index (κ3) is 3.30. The van der Waals surface area contributed by atoms with Crippen molar-refractivity contribution in [3.63, 3.8) is 0 Å². The number of furan rings is 1. The van der Waals surface area contributed by atoms with Crippen LogP contribution in [0.3, 0.4) is 0 Å². The highest BCUT2D eigenvalue weighted by Crippen LogP contribution is 2.29. The first-order chi connectivity index (χ1) is 11.2. The molecule has 0 aliphatic rings. The van der Waals surface area contributed by atoms with Gasteiger partial charge in [0.1, 0.15) is 5.76 Å². The van der Waals surface area contributed by atoms with Crippen LogP contribution in [0.25, 0.3) is 11.4 Å². The van der Waals surface area contributed by atoms with Gasteiger partial charge in [0.2, 0.25) is 0 Å². The van der Waals surface area contributed by atoms with Crippen LogP contribution in [0.2, 0.25) is 0 Å². The Morgan fingerprint density at radius 2 is 2.04 bits per heavy atom. The lowest BCUT2D eigenvalue weighted by atomic mass is 10.2. The molecule has 0 saturated heterocycles. The largest absolute Gasteiger partial charge is 0.469 e. The SMILES string of the molecule is Cc1occc1-c1nnc(SC(C)C#N)n1Cc1ccccc1. The van der Waals surface area contributed by atoms with Gasteiger partial charge >= 0.3 is 0 Å². The van der Waals surface area contributed by atoms with Gasteiger partial charge in [-0.15, -0.1) is 10.2 Å². The molecule has 0 aliphatic carbocycles. The summed E-state index contributed by atoms with van der Waals surface area (Å²) in [5, 5.41) is 18.2. The van der Waals surface area contributed by atoms with Crippen LogP contribution in [0.15, 0.2) is 52.2 Å². The molecule has 0 amide bonds. The Kier molecular flexibility index (Phi) is 4.49. The summed E-state index contributed by atoms with van der Waals surface area (Å²) in [6.07, 6.45) is 1.65. The van der Waals surface area contributed by atoms with E-state index < -0.39 is 0 Å². The fourth-order valence-corrected chi connectivity index (χ4v) is 3.02. The van der Waals surface area contributed by atoms with E-state index in [4.69, 9.17) is 9.68 Å². The second-order valence-electron chi connectivity index (χ2n) is 5.16. The molecular formula is C17H16N4OS. The first kappa shape index (κ1) is 15.4. The number of benzene rings is 1. The van der Waals surface area contributed by atoms with Crippen molar-refractivity contribution in [2.24, 2.45) is 0 Å². The molecule has 0 saturated carbocycles. The van der Waals surface area contributed by atoms with E-state index in [1.807, 2.05) is 42.7 Å². The molecule has 0 aliphatic heterocycles. The van der Waals surface area contributed by atoms with Gasteiger partial charge in [-0.25, -0.2) is 0 Å². The van der Waals surface area contributed by atoms with Gasteiger partial charge in [-0.05, 0) is 25.5 Å². The average molecular weight is 324 g/mol. The molecule has 5 nitrogen and oxygen atoms in total. The molecule has 2 aromatic heterocycles. The number of hydrogen-bond acceptors (Lipinski definition) is 5. The molecule has 0 spiro atoms. The summed E-state index contributed by atoms with van der Waals surface area (Å²) in [6.45, 7) is 4.41. The Hall–Kier alpha value is -2.52. The van der Waals surface area contributed by atoms with E-state index in [0.29, 0.717) is 6.54 Å². The number of nitrogens with zero attached hydrogens (tertiary/aromatic N) is 4. The van der Waals surface area contributed by atoms with Crippen molar-refractivity contribution in [3.05, 3.63) is 54.0 Å². The van der Waals surface area contributed by atoms with Crippen molar-refractivity contribution in [2.45, 2.75) is 30.8 Å². The summed E-state index contributed by atoms with van der Waals surface area (Å²) in [6, 6.07) is 14.2. The Morgan fingerprint density at radius 3 is 2.70 bits per heavy atom. The second kappa shape index (κ2) is 6.71. The Bertz CT molecular complexity index is 832. The van der Waals surface area contributed by atoms with Gasteiger partial charge < -0.3 is 4.42 Å². The van der Waals surface area contributed by atoms with Crippen molar-refractivity contribution in [1.29, 1.82) is 5.26 Å². The zero-order valence-electron chi connectivity index (χ0n) is 12.9. The molecule has 6 heteroatoms. The van der Waals surface area contributed by atoms with Crippen molar-refractivity contribution >= 4 is 11.8 Å². The zero-order chi connectivity index (χ0) is 16.2. The van der Waals surface area contributed by atoms with Crippen molar-refractivity contribution in [3.8, 4) is 17.5 Å². The number of aryl methyl sites for hydroxylation is 1. The Morgan fingerprint density at radius 1 is 1.26 bits per heavy atom. The minimum Gasteiger partial charge on any atom is -0.469 e. The maximum absolute atomic E-state index is 9.07. The van der Waals surface area contributed by atoms with Crippen molar-refractivity contribution in [2.75, 3.05) is 0 Å². The van der Waals surface area contributed by atoms with Gasteiger partial charge in [0, 0.05) is 0 Å². The highest BCUT2D eigenvalue weighted by atomic mass is 32.2. The van der Waals surface area contributed by atoms with Crippen molar-refractivity contribution < 1.29 is 4.42 Å². The van der Waals surface area contributed by atoms with Crippen LogP contribution in [0.5, 0.6) is 0 Å². The lowest BCUT2D eigenvalue weighted by Gasteiger charge is -2.10. The monoisotopic (exact) mass is 324 g/mol. The van der Waals surface area contributed by atoms with Gasteiger partial charge in [-0.2, -0.15) is 5.26 Å². The normalized spacial score (nSPS) is 12.0. The van der Waals surface area contributed by atoms with E-state index in [1.165, 1.54) is 11.8 Å². The number of rotatable bonds is 5. The summed E-state index contributed by atoms with van der Waals surface area (Å²) in [5.41, 5.74) is 2.08. The number of aromatic nitrogens is 3. The van der Waals surface area contributed by atoms with Gasteiger partial charge in [-0.3, -0.25) is 4.57 Å². The topological polar surface area (TPSA) is 67.6 Å². The summed E-state index contributed by atoms with van der Waals surface area (Å²) in [7, 11) is 0. The smallest absolute Gasteiger partial charge is 0.193 e. The fraction of sp³-hybridized carbons (Fsp3) is 0.235. The zero-order valence-corrected chi connectivity index (χ0v) is 13.7. The molecule has 23 heavy (non-hydrogen) atoms. The van der Waals surface area contributed by atoms with Crippen LogP contribution in [0.1, 0.15) is 18.2 Å². The summed E-state index contributed by atoms with van der Waals surface area (Å²) >= 11 is 1.41. The molecule has 0 fully saturated rings. The fourth-order valence-electron chi connectivity index (χ4n) is 2.29. The molecule has 2 heterocycles. The lowest BCUT2D eigenvalue weighted by Crippen LogP contribution is -2.05. The van der Waals surface area contributed by atoms with Gasteiger partial charge in [0.05, 0.1) is 29.7 Å². The quantitative estimate of drug-likeness (QED) is 0.666. The predicted molar refractivity (Wildman–Crippen MR) is 88.9 cm³/mol. The van der Waals surface area contributed by atoms with Gasteiger partial charge in [0.25, 0.3) is 0 Å². The first-order valence-electron chi connectivity index (χ1n) is 7.27. The third-order valence-electron chi connectivity index (χ3n) is 3.46. The second-order valence-corrected chi connectivity index (χ2v) is 6.47. The van der Waals surface area contributed by atoms with Crippen LogP contribution in [-0.4, -0.2) is 20.0 Å². The molecule has 0 N–H and O–H groups in total. The van der Waals surface area contributed by atoms with Crippen LogP contribution in [-0.2, 0) is 6.54 Å². The highest BCUT2D eigenvalue weighted by Gasteiger charge is 2.19. The van der Waals surface area contributed by atoms with Crippen LogP contribution >= 0.6 is 11.8 Å². The third-order valence-corrected chi connectivity index (χ3v) is 4.44. The van der Waals surface area contributed by atoms with E-state index in [9.17, 15) is 0 Å². The van der Waals surface area contributed by atoms with Gasteiger partial charge in [-0.1, -0.05) is 42.1 Å². The van der Waals surface area contributed by atoms with E-state index in [0.717, 1.165) is 27.9 Å². The predicted octanol–water partition coefficient (Wildman–Crippen LogP) is 3.90. The molecule has 0 radical (unpaired) electrons. The minimum absolute atomic E-state index is 0.188. The highest BCUT2D eigenvalue weighted by molar-refractivity contribution is 8.00. The lowest BCUT2D eigenvalue weighted by molar-refractivity contribution is 0.534. The van der Waals surface area contributed by atoms with Crippen molar-refractivity contribution in [1.82, 2.24) is 14.8 Å². The van der Waals surface area contributed by atoms with E-state index in [-0.39, 0.29) is 5.25 Å². The summed E-state index contributed by atoms with van der Waals surface area (Å²) < 4.78 is 7.43. The maximum Gasteiger partial charge on any atom is 0.193 e. The standard InChI is InChI=1S/C17H16N4OS/c1-12(10-18)23-17-20-19-16(15-8-9-22-13(15)2)21(17)11-14-6-4-3-5-7-14/h3-9,12H,11H2,1-2H3. The number of hydrogen-bond donors (Lipinski definition) is 0. The molecule has 1 atom stereocenters. The molecule has 3 rings (SSSR count). The van der Waals surface area contributed by atoms with E-state index in [2.05, 4.69) is 28.4 Å². The molecule has 3 aromatic rings. The van der Waals surface area contributed by atoms with Crippen LogP contribution in [0.4, 0.5) is 0 Å². The maximum atomic E-state index is 9.07. The Balaban J connectivity index is 2.03. The number of thioether (sulfide) groups is 1. The van der Waals surface area contributed by atoms with Gasteiger partial charge in [0.15, 0.2) is 11.0 Å². The van der Waals surface area contributed by atoms with Crippen LogP contribution < -0.4 is 0 Å². The summed E-state index contributed by atoms with van der Waals surface area (Å²) in [4.78, 5) is 0. The molecule has 0 bridgehead atoms. The van der Waals surface area contributed by atoms with E-state index in [1.54, 1.807) is 6.26 Å². The minimum atomic E-state index is -0.188. The number of nitriles is 1. The first-order valence-corrected chi connectivity index (χ1v) is 8.15. The van der Waals surface area contributed by atoms with Crippen LogP contribution in [0, 0.1) is 18.3 Å². The molecule has 1 aromatic carbocycles. The molecule has 1 unspecified atom stereocenters. The van der Waals surface area contributed by atoms with E-state index >= 15 is 0 Å². The average Bonchev–Trinajstić information content (AvgIpc) is 3.15. The molecular weight excluding hydrogens is 308 g/mol. The Labute approximate surface area is 139 Å². The molecule has 116 valence electrons. The summed E-state index contributed by atoms with van der Waals surface area (Å²) in [5.74, 6) is 1.56.